The summed E-state index contributed by atoms with van der Waals surface area (Å²) in [6.45, 7) is 1.65. The average Bonchev–Trinajstić information content (AvgIpc) is 3.06. The number of aryl methyl sites for hydroxylation is 1. The van der Waals surface area contributed by atoms with Gasteiger partial charge in [0.25, 0.3) is 15.9 Å². The maximum Gasteiger partial charge on any atom is 0.263 e. The lowest BCUT2D eigenvalue weighted by atomic mass is 10.2. The molecule has 0 unspecified atom stereocenters. The molecule has 0 saturated carbocycles. The van der Waals surface area contributed by atoms with Crippen molar-refractivity contribution in [2.45, 2.75) is 11.8 Å². The van der Waals surface area contributed by atoms with Crippen LogP contribution in [0.1, 0.15) is 16.1 Å². The molecule has 1 heterocycles. The monoisotopic (exact) mass is 450 g/mol. The number of nitrogens with one attached hydrogen (secondary N) is 3. The molecule has 1 aromatic heterocycles. The molecule has 0 fully saturated rings. The number of hydrogen-bond acceptors (Lipinski definition) is 6. The zero-order valence-electron chi connectivity index (χ0n) is 15.0. The summed E-state index contributed by atoms with van der Waals surface area (Å²) in [5.74, 6) is 0.178. The van der Waals surface area contributed by atoms with E-state index in [4.69, 9.17) is 28.3 Å². The molecule has 0 aliphatic heterocycles. The van der Waals surface area contributed by atoms with E-state index >= 15 is 0 Å². The number of carbonyl (C=O) groups excluding carboxylic acids is 1. The van der Waals surface area contributed by atoms with Crippen molar-refractivity contribution < 1.29 is 17.7 Å². The molecule has 150 valence electrons. The van der Waals surface area contributed by atoms with E-state index in [9.17, 15) is 13.2 Å². The molecule has 3 N–H and O–H groups in total. The Morgan fingerprint density at radius 2 is 1.76 bits per heavy atom. The molecule has 0 aliphatic rings. The molecular weight excluding hydrogens is 436 g/mol. The van der Waals surface area contributed by atoms with Crippen LogP contribution in [0.5, 0.6) is 0 Å². The number of thiocarbonyl (C=S) groups is 1. The maximum absolute atomic E-state index is 12.4. The molecular formula is C18H15ClN4O4S2. The lowest BCUT2D eigenvalue weighted by Crippen LogP contribution is -2.34. The molecule has 3 aromatic rings. The highest BCUT2D eigenvalue weighted by molar-refractivity contribution is 7.92. The highest BCUT2D eigenvalue weighted by Gasteiger charge is 2.16. The van der Waals surface area contributed by atoms with Crippen LogP contribution in [0.2, 0.25) is 5.02 Å². The van der Waals surface area contributed by atoms with E-state index in [0.717, 1.165) is 0 Å². The van der Waals surface area contributed by atoms with Gasteiger partial charge in [0.05, 0.1) is 4.90 Å². The van der Waals surface area contributed by atoms with E-state index in [1.165, 1.54) is 30.3 Å². The van der Waals surface area contributed by atoms with Crippen LogP contribution in [-0.4, -0.2) is 24.6 Å². The van der Waals surface area contributed by atoms with E-state index in [1.54, 1.807) is 31.2 Å². The van der Waals surface area contributed by atoms with Gasteiger partial charge in [-0.3, -0.25) is 14.8 Å². The van der Waals surface area contributed by atoms with Crippen LogP contribution in [-0.2, 0) is 10.0 Å². The SMILES string of the molecule is Cc1cc(NS(=O)(=O)c2ccc(NC(=S)NC(=O)c3ccc(Cl)cc3)cc2)no1. The van der Waals surface area contributed by atoms with Crippen molar-refractivity contribution in [3.05, 3.63) is 70.9 Å². The van der Waals surface area contributed by atoms with E-state index in [1.807, 2.05) is 0 Å². The fraction of sp³-hybridized carbons (Fsp3) is 0.0556. The van der Waals surface area contributed by atoms with Gasteiger partial charge in [-0.25, -0.2) is 8.42 Å². The predicted octanol–water partition coefficient (Wildman–Crippen LogP) is 3.56. The Bertz CT molecular complexity index is 1140. The topological polar surface area (TPSA) is 113 Å². The van der Waals surface area contributed by atoms with Crippen LogP contribution in [0, 0.1) is 6.92 Å². The first-order valence-corrected chi connectivity index (χ1v) is 10.4. The van der Waals surface area contributed by atoms with Gasteiger partial charge in [-0.05, 0) is 67.7 Å². The minimum atomic E-state index is -3.82. The molecule has 0 atom stereocenters. The standard InChI is InChI=1S/C18H15ClN4O4S2/c1-11-10-16(22-27-11)23-29(25,26)15-8-6-14(7-9-15)20-18(28)21-17(24)12-2-4-13(19)5-3-12/h2-10H,1H3,(H,22,23)(H2,20,21,24,28). The highest BCUT2D eigenvalue weighted by atomic mass is 35.5. The minimum absolute atomic E-state index is 0.0276. The molecule has 8 nitrogen and oxygen atoms in total. The summed E-state index contributed by atoms with van der Waals surface area (Å²) in [5.41, 5.74) is 0.900. The van der Waals surface area contributed by atoms with Crippen molar-refractivity contribution in [3.63, 3.8) is 0 Å². The van der Waals surface area contributed by atoms with Crippen LogP contribution in [0.15, 0.2) is 64.0 Å². The summed E-state index contributed by atoms with van der Waals surface area (Å²) in [4.78, 5) is 12.2. The minimum Gasteiger partial charge on any atom is -0.360 e. The molecule has 2 aromatic carbocycles. The van der Waals surface area contributed by atoms with Gasteiger partial charge in [0.2, 0.25) is 0 Å². The molecule has 0 bridgehead atoms. The van der Waals surface area contributed by atoms with Crippen molar-refractivity contribution in [2.24, 2.45) is 0 Å². The van der Waals surface area contributed by atoms with Gasteiger partial charge >= 0.3 is 0 Å². The second-order valence-electron chi connectivity index (χ2n) is 5.87. The maximum atomic E-state index is 12.4. The average molecular weight is 451 g/mol. The third kappa shape index (κ3) is 5.53. The van der Waals surface area contributed by atoms with Crippen molar-refractivity contribution in [3.8, 4) is 0 Å². The number of hydrogen-bond donors (Lipinski definition) is 3. The summed E-state index contributed by atoms with van der Waals surface area (Å²) in [6, 6.07) is 13.6. The van der Waals surface area contributed by atoms with Crippen LogP contribution in [0.25, 0.3) is 0 Å². The van der Waals surface area contributed by atoms with Crippen LogP contribution in [0.3, 0.4) is 0 Å². The first kappa shape index (κ1) is 20.8. The van der Waals surface area contributed by atoms with Gasteiger partial charge in [0, 0.05) is 22.3 Å². The van der Waals surface area contributed by atoms with E-state index in [0.29, 0.717) is 22.0 Å². The fourth-order valence-electron chi connectivity index (χ4n) is 2.27. The zero-order chi connectivity index (χ0) is 21.0. The summed E-state index contributed by atoms with van der Waals surface area (Å²) >= 11 is 10.9. The Morgan fingerprint density at radius 1 is 1.10 bits per heavy atom. The second-order valence-corrected chi connectivity index (χ2v) is 8.39. The third-order valence-corrected chi connectivity index (χ3v) is 5.45. The number of benzene rings is 2. The summed E-state index contributed by atoms with van der Waals surface area (Å²) < 4.78 is 31.9. The zero-order valence-corrected chi connectivity index (χ0v) is 17.4. The summed E-state index contributed by atoms with van der Waals surface area (Å²) in [6.07, 6.45) is 0. The number of anilines is 2. The normalized spacial score (nSPS) is 11.0. The molecule has 0 aliphatic carbocycles. The fourth-order valence-corrected chi connectivity index (χ4v) is 3.59. The van der Waals surface area contributed by atoms with Crippen molar-refractivity contribution in [1.82, 2.24) is 10.5 Å². The first-order chi connectivity index (χ1) is 13.7. The molecule has 29 heavy (non-hydrogen) atoms. The van der Waals surface area contributed by atoms with Gasteiger partial charge < -0.3 is 9.84 Å². The van der Waals surface area contributed by atoms with Crippen molar-refractivity contribution in [1.29, 1.82) is 0 Å². The Balaban J connectivity index is 1.61. The number of sulfonamides is 1. The number of carbonyl (C=O) groups is 1. The van der Waals surface area contributed by atoms with Gasteiger partial charge in [0.15, 0.2) is 10.9 Å². The second kappa shape index (κ2) is 8.60. The molecule has 0 saturated heterocycles. The van der Waals surface area contributed by atoms with E-state index < -0.39 is 15.9 Å². The molecule has 11 heteroatoms. The summed E-state index contributed by atoms with van der Waals surface area (Å²) in [7, 11) is -3.82. The summed E-state index contributed by atoms with van der Waals surface area (Å²) in [5, 5.41) is 9.53. The lowest BCUT2D eigenvalue weighted by molar-refractivity contribution is 0.0977. The van der Waals surface area contributed by atoms with Crippen molar-refractivity contribution >= 4 is 56.4 Å². The van der Waals surface area contributed by atoms with E-state index in [2.05, 4.69) is 20.5 Å². The molecule has 0 radical (unpaired) electrons. The van der Waals surface area contributed by atoms with Gasteiger partial charge in [0.1, 0.15) is 5.76 Å². The number of aromatic nitrogens is 1. The Morgan fingerprint density at radius 3 is 2.34 bits per heavy atom. The Labute approximate surface area is 177 Å². The van der Waals surface area contributed by atoms with Gasteiger partial charge in [-0.1, -0.05) is 16.8 Å². The Kier molecular flexibility index (Phi) is 6.16. The predicted molar refractivity (Wildman–Crippen MR) is 114 cm³/mol. The van der Waals surface area contributed by atoms with Crippen LogP contribution >= 0.6 is 23.8 Å². The van der Waals surface area contributed by atoms with Gasteiger partial charge in [-0.15, -0.1) is 0 Å². The highest BCUT2D eigenvalue weighted by Crippen LogP contribution is 2.18. The molecule has 3 rings (SSSR count). The largest absolute Gasteiger partial charge is 0.360 e. The smallest absolute Gasteiger partial charge is 0.263 e. The quantitative estimate of drug-likeness (QED) is 0.509. The van der Waals surface area contributed by atoms with Crippen LogP contribution in [0.4, 0.5) is 11.5 Å². The Hall–Kier alpha value is -2.95. The number of halogens is 1. The molecule has 1 amide bonds. The van der Waals surface area contributed by atoms with Crippen molar-refractivity contribution in [2.75, 3.05) is 10.0 Å². The molecule has 0 spiro atoms. The van der Waals surface area contributed by atoms with E-state index in [-0.39, 0.29) is 15.8 Å². The first-order valence-electron chi connectivity index (χ1n) is 8.17. The lowest BCUT2D eigenvalue weighted by Gasteiger charge is -2.10. The van der Waals surface area contributed by atoms with Gasteiger partial charge in [-0.2, -0.15) is 0 Å². The third-order valence-electron chi connectivity index (χ3n) is 3.62. The number of amides is 1. The van der Waals surface area contributed by atoms with Crippen LogP contribution < -0.4 is 15.4 Å². The number of rotatable bonds is 5. The number of nitrogens with zero attached hydrogens (tertiary/aromatic N) is 1.